The largest absolute Gasteiger partial charge is 0.355 e. The first kappa shape index (κ1) is 9.21. The minimum absolute atomic E-state index is 0.200. The predicted molar refractivity (Wildman–Crippen MR) is 53.2 cm³/mol. The maximum absolute atomic E-state index is 10.00. The Bertz CT molecular complexity index is 369. The van der Waals surface area contributed by atoms with Gasteiger partial charge in [0, 0.05) is 12.1 Å². The molecule has 0 aromatic carbocycles. The molecule has 5 heteroatoms. The Balaban J connectivity index is 2.45. The second-order valence-electron chi connectivity index (χ2n) is 3.64. The lowest BCUT2D eigenvalue weighted by molar-refractivity contribution is -0.0383. The Morgan fingerprint density at radius 1 is 1.50 bits per heavy atom. The Morgan fingerprint density at radius 3 is 2.86 bits per heavy atom. The quantitative estimate of drug-likeness (QED) is 0.728. The molecule has 14 heavy (non-hydrogen) atoms. The summed E-state index contributed by atoms with van der Waals surface area (Å²) >= 11 is 0. The Morgan fingerprint density at radius 2 is 2.21 bits per heavy atom. The molecule has 2 heterocycles. The van der Waals surface area contributed by atoms with Gasteiger partial charge < -0.3 is 10.0 Å². The van der Waals surface area contributed by atoms with E-state index in [1.165, 1.54) is 4.68 Å². The first-order chi connectivity index (χ1) is 6.61. The van der Waals surface area contributed by atoms with Crippen molar-refractivity contribution in [2.24, 2.45) is 4.99 Å². The average Bonchev–Trinajstić information content (AvgIpc) is 2.50. The summed E-state index contributed by atoms with van der Waals surface area (Å²) in [5.74, 6) is 1.52. The van der Waals surface area contributed by atoms with Crippen LogP contribution in [0.4, 0.5) is 5.82 Å². The zero-order chi connectivity index (χ0) is 10.3. The standard InChI is InChI=1S/C9H14N4O/c1-6(2)12-7(3)11-8-4-5-10-13(8)9(12)14/h4-6,9,14H,1-3H3. The molecule has 0 bridgehead atoms. The molecule has 5 nitrogen and oxygen atoms in total. The van der Waals surface area contributed by atoms with Gasteiger partial charge in [-0.2, -0.15) is 9.78 Å². The van der Waals surface area contributed by atoms with Gasteiger partial charge in [0.1, 0.15) is 5.84 Å². The summed E-state index contributed by atoms with van der Waals surface area (Å²) in [7, 11) is 0. The van der Waals surface area contributed by atoms with Crippen LogP contribution in [0.25, 0.3) is 0 Å². The third-order valence-electron chi connectivity index (χ3n) is 2.32. The molecule has 0 spiro atoms. The molecule has 0 radical (unpaired) electrons. The molecular weight excluding hydrogens is 180 g/mol. The van der Waals surface area contributed by atoms with E-state index in [1.807, 2.05) is 25.7 Å². The van der Waals surface area contributed by atoms with Crippen LogP contribution < -0.4 is 0 Å². The van der Waals surface area contributed by atoms with E-state index in [-0.39, 0.29) is 6.04 Å². The topological polar surface area (TPSA) is 53.6 Å². The fourth-order valence-electron chi connectivity index (χ4n) is 1.72. The number of aliphatic imine (C=N–C) groups is 1. The molecule has 1 aromatic rings. The normalized spacial score (nSPS) is 21.1. The van der Waals surface area contributed by atoms with Gasteiger partial charge in [-0.1, -0.05) is 0 Å². The zero-order valence-electron chi connectivity index (χ0n) is 8.55. The van der Waals surface area contributed by atoms with Crippen molar-refractivity contribution < 1.29 is 5.11 Å². The zero-order valence-corrected chi connectivity index (χ0v) is 8.55. The maximum Gasteiger partial charge on any atom is 0.230 e. The highest BCUT2D eigenvalue weighted by Crippen LogP contribution is 2.26. The Hall–Kier alpha value is -1.36. The van der Waals surface area contributed by atoms with Gasteiger partial charge >= 0.3 is 0 Å². The number of aliphatic hydroxyl groups excluding tert-OH is 1. The molecule has 0 aliphatic carbocycles. The van der Waals surface area contributed by atoms with E-state index >= 15 is 0 Å². The van der Waals surface area contributed by atoms with E-state index in [0.717, 1.165) is 5.84 Å². The van der Waals surface area contributed by atoms with Crippen LogP contribution in [0.2, 0.25) is 0 Å². The third-order valence-corrected chi connectivity index (χ3v) is 2.32. The van der Waals surface area contributed by atoms with Crippen LogP contribution in [0.3, 0.4) is 0 Å². The summed E-state index contributed by atoms with van der Waals surface area (Å²) in [6.45, 7) is 5.91. The van der Waals surface area contributed by atoms with Crippen LogP contribution in [0.15, 0.2) is 17.3 Å². The SMILES string of the molecule is CC1=Nc2ccnn2C(O)N1C(C)C. The van der Waals surface area contributed by atoms with Gasteiger partial charge in [-0.25, -0.2) is 4.99 Å². The van der Waals surface area contributed by atoms with Gasteiger partial charge in [-0.15, -0.1) is 0 Å². The molecule has 0 saturated carbocycles. The van der Waals surface area contributed by atoms with E-state index in [1.54, 1.807) is 12.3 Å². The monoisotopic (exact) mass is 194 g/mol. The number of fused-ring (bicyclic) bond motifs is 1. The van der Waals surface area contributed by atoms with Crippen molar-refractivity contribution in [3.8, 4) is 0 Å². The molecule has 0 saturated heterocycles. The van der Waals surface area contributed by atoms with Crippen molar-refractivity contribution in [2.45, 2.75) is 33.2 Å². The van der Waals surface area contributed by atoms with Crippen LogP contribution in [-0.2, 0) is 0 Å². The number of nitrogens with zero attached hydrogens (tertiary/aromatic N) is 4. The van der Waals surface area contributed by atoms with E-state index in [4.69, 9.17) is 0 Å². The lowest BCUT2D eigenvalue weighted by Crippen LogP contribution is -2.43. The van der Waals surface area contributed by atoms with E-state index in [0.29, 0.717) is 5.82 Å². The fraction of sp³-hybridized carbons (Fsp3) is 0.556. The third kappa shape index (κ3) is 1.21. The molecule has 1 unspecified atom stereocenters. The highest BCUT2D eigenvalue weighted by atomic mass is 16.3. The van der Waals surface area contributed by atoms with Gasteiger partial charge in [0.2, 0.25) is 6.35 Å². The maximum atomic E-state index is 10.00. The molecule has 0 fully saturated rings. The minimum atomic E-state index is -0.738. The predicted octanol–water partition coefficient (Wildman–Crippen LogP) is 1.11. The molecule has 1 aromatic heterocycles. The minimum Gasteiger partial charge on any atom is -0.355 e. The summed E-state index contributed by atoms with van der Waals surface area (Å²) < 4.78 is 1.51. The van der Waals surface area contributed by atoms with Crippen molar-refractivity contribution in [1.29, 1.82) is 0 Å². The first-order valence-electron chi connectivity index (χ1n) is 4.66. The van der Waals surface area contributed by atoms with Crippen LogP contribution in [-0.4, -0.2) is 31.7 Å². The number of hydrogen-bond acceptors (Lipinski definition) is 4. The Kier molecular flexibility index (Phi) is 2.03. The number of hydrogen-bond donors (Lipinski definition) is 1. The summed E-state index contributed by atoms with van der Waals surface area (Å²) in [6.07, 6.45) is 0.900. The van der Waals surface area contributed by atoms with E-state index < -0.39 is 6.35 Å². The summed E-state index contributed by atoms with van der Waals surface area (Å²) in [5.41, 5.74) is 0. The summed E-state index contributed by atoms with van der Waals surface area (Å²) in [4.78, 5) is 6.16. The van der Waals surface area contributed by atoms with E-state index in [2.05, 4.69) is 10.1 Å². The molecule has 0 amide bonds. The Labute approximate surface area is 82.7 Å². The van der Waals surface area contributed by atoms with Gasteiger partial charge in [0.15, 0.2) is 5.82 Å². The lowest BCUT2D eigenvalue weighted by Gasteiger charge is -2.35. The fourth-order valence-corrected chi connectivity index (χ4v) is 1.72. The number of aliphatic hydroxyl groups is 1. The van der Waals surface area contributed by atoms with Gasteiger partial charge in [-0.3, -0.25) is 0 Å². The number of aromatic nitrogens is 2. The molecule has 1 atom stereocenters. The molecule has 2 rings (SSSR count). The molecule has 1 aliphatic heterocycles. The number of amidine groups is 1. The van der Waals surface area contributed by atoms with E-state index in [9.17, 15) is 5.11 Å². The number of rotatable bonds is 1. The molecule has 1 N–H and O–H groups in total. The average molecular weight is 194 g/mol. The van der Waals surface area contributed by atoms with Crippen molar-refractivity contribution in [1.82, 2.24) is 14.7 Å². The highest BCUT2D eigenvalue weighted by Gasteiger charge is 2.27. The van der Waals surface area contributed by atoms with Crippen LogP contribution in [0.1, 0.15) is 27.1 Å². The smallest absolute Gasteiger partial charge is 0.230 e. The van der Waals surface area contributed by atoms with Gasteiger partial charge in [0.05, 0.1) is 6.20 Å². The van der Waals surface area contributed by atoms with Gasteiger partial charge in [0.25, 0.3) is 0 Å². The van der Waals surface area contributed by atoms with Crippen LogP contribution in [0.5, 0.6) is 0 Å². The highest BCUT2D eigenvalue weighted by molar-refractivity contribution is 5.83. The summed E-state index contributed by atoms with van der Waals surface area (Å²) in [5, 5.41) is 14.0. The van der Waals surface area contributed by atoms with Gasteiger partial charge in [-0.05, 0) is 20.8 Å². The second-order valence-corrected chi connectivity index (χ2v) is 3.64. The molecule has 1 aliphatic rings. The second kappa shape index (κ2) is 3.09. The first-order valence-corrected chi connectivity index (χ1v) is 4.66. The summed E-state index contributed by atoms with van der Waals surface area (Å²) in [6, 6.07) is 1.98. The van der Waals surface area contributed by atoms with Crippen molar-refractivity contribution in [2.75, 3.05) is 0 Å². The van der Waals surface area contributed by atoms with Crippen molar-refractivity contribution in [3.05, 3.63) is 12.3 Å². The molecular formula is C9H14N4O. The van der Waals surface area contributed by atoms with Crippen LogP contribution >= 0.6 is 0 Å². The van der Waals surface area contributed by atoms with Crippen molar-refractivity contribution in [3.63, 3.8) is 0 Å². The van der Waals surface area contributed by atoms with Crippen molar-refractivity contribution >= 4 is 11.7 Å². The van der Waals surface area contributed by atoms with Crippen LogP contribution in [0, 0.1) is 0 Å². The lowest BCUT2D eigenvalue weighted by atomic mass is 10.3. The molecule has 76 valence electrons.